The zero-order valence-corrected chi connectivity index (χ0v) is 16.8. The predicted molar refractivity (Wildman–Crippen MR) is 110 cm³/mol. The summed E-state index contributed by atoms with van der Waals surface area (Å²) in [6.45, 7) is 5.71. The Kier molecular flexibility index (Phi) is 4.85. The molecule has 0 unspecified atom stereocenters. The molecule has 8 nitrogen and oxygen atoms in total. The molecule has 0 saturated heterocycles. The Balaban J connectivity index is 1.58. The van der Waals surface area contributed by atoms with Gasteiger partial charge in [0.2, 0.25) is 0 Å². The molecule has 4 aromatic rings. The molecule has 4 aromatic heterocycles. The maximum atomic E-state index is 12.7. The number of carbonyl (C=O) groups excluding carboxylic acids is 1. The van der Waals surface area contributed by atoms with Crippen molar-refractivity contribution in [2.75, 3.05) is 5.32 Å². The summed E-state index contributed by atoms with van der Waals surface area (Å²) in [4.78, 5) is 25.7. The summed E-state index contributed by atoms with van der Waals surface area (Å²) in [5.41, 5.74) is 2.43. The van der Waals surface area contributed by atoms with Gasteiger partial charge < -0.3 is 5.32 Å². The Hall–Kier alpha value is -3.52. The molecule has 29 heavy (non-hydrogen) atoms. The molecule has 0 bridgehead atoms. The van der Waals surface area contributed by atoms with E-state index in [1.165, 1.54) is 0 Å². The second-order valence-corrected chi connectivity index (χ2v) is 6.95. The molecule has 146 valence electrons. The highest BCUT2D eigenvalue weighted by Gasteiger charge is 2.16. The summed E-state index contributed by atoms with van der Waals surface area (Å²) in [5.74, 6) is 1.63. The molecule has 0 radical (unpaired) electrons. The number of nitrogens with zero attached hydrogens (tertiary/aromatic N) is 6. The van der Waals surface area contributed by atoms with Gasteiger partial charge in [-0.05, 0) is 51.1 Å². The van der Waals surface area contributed by atoms with Crippen LogP contribution in [-0.2, 0) is 0 Å². The van der Waals surface area contributed by atoms with Crippen LogP contribution in [0.1, 0.15) is 27.7 Å². The lowest BCUT2D eigenvalue weighted by Crippen LogP contribution is -2.16. The molecule has 0 atom stereocenters. The van der Waals surface area contributed by atoms with Crippen LogP contribution in [0, 0.1) is 20.8 Å². The fraction of sp³-hybridized carbons (Fsp3) is 0.150. The van der Waals surface area contributed by atoms with Gasteiger partial charge in [0.25, 0.3) is 5.91 Å². The quantitative estimate of drug-likeness (QED) is 0.557. The maximum Gasteiger partial charge on any atom is 0.275 e. The van der Waals surface area contributed by atoms with E-state index in [0.29, 0.717) is 17.3 Å². The average Bonchev–Trinajstić information content (AvgIpc) is 3.27. The maximum absolute atomic E-state index is 12.7. The smallest absolute Gasteiger partial charge is 0.275 e. The van der Waals surface area contributed by atoms with Gasteiger partial charge in [0, 0.05) is 18.1 Å². The van der Waals surface area contributed by atoms with Crippen LogP contribution in [0.4, 0.5) is 5.69 Å². The molecule has 4 rings (SSSR count). The molecule has 4 heterocycles. The number of amides is 1. The van der Waals surface area contributed by atoms with Crippen molar-refractivity contribution in [3.8, 4) is 11.6 Å². The third kappa shape index (κ3) is 3.74. The van der Waals surface area contributed by atoms with Gasteiger partial charge in [-0.25, -0.2) is 19.6 Å². The first-order valence-electron chi connectivity index (χ1n) is 8.90. The number of halogens is 1. The fourth-order valence-electron chi connectivity index (χ4n) is 2.98. The highest BCUT2D eigenvalue weighted by Crippen LogP contribution is 2.19. The third-order valence-corrected chi connectivity index (χ3v) is 4.66. The van der Waals surface area contributed by atoms with E-state index in [1.54, 1.807) is 41.3 Å². The molecule has 1 N–H and O–H groups in total. The molecule has 0 fully saturated rings. The van der Waals surface area contributed by atoms with Crippen LogP contribution < -0.4 is 5.32 Å². The number of pyridine rings is 2. The molecular formula is C20H18ClN7O. The van der Waals surface area contributed by atoms with Crippen LogP contribution in [0.3, 0.4) is 0 Å². The van der Waals surface area contributed by atoms with Crippen LogP contribution in [0.5, 0.6) is 0 Å². The second kappa shape index (κ2) is 7.48. The van der Waals surface area contributed by atoms with E-state index >= 15 is 0 Å². The van der Waals surface area contributed by atoms with Gasteiger partial charge >= 0.3 is 0 Å². The fourth-order valence-corrected chi connectivity index (χ4v) is 3.17. The Labute approximate surface area is 172 Å². The topological polar surface area (TPSA) is 90.5 Å². The van der Waals surface area contributed by atoms with Gasteiger partial charge in [0.15, 0.2) is 5.82 Å². The third-order valence-electron chi connectivity index (χ3n) is 4.35. The molecular weight excluding hydrogens is 390 g/mol. The van der Waals surface area contributed by atoms with Gasteiger partial charge in [-0.1, -0.05) is 11.6 Å². The summed E-state index contributed by atoms with van der Waals surface area (Å²) in [7, 11) is 0. The minimum Gasteiger partial charge on any atom is -0.319 e. The number of hydrogen-bond donors (Lipinski definition) is 1. The van der Waals surface area contributed by atoms with Crippen molar-refractivity contribution in [2.24, 2.45) is 0 Å². The number of nitrogens with one attached hydrogen (secondary N) is 1. The van der Waals surface area contributed by atoms with E-state index in [2.05, 4.69) is 25.4 Å². The highest BCUT2D eigenvalue weighted by molar-refractivity contribution is 6.34. The second-order valence-electron chi connectivity index (χ2n) is 6.54. The van der Waals surface area contributed by atoms with Crippen molar-refractivity contribution in [1.29, 1.82) is 0 Å². The molecule has 0 spiro atoms. The van der Waals surface area contributed by atoms with E-state index in [-0.39, 0.29) is 10.7 Å². The Bertz CT molecular complexity index is 1190. The number of aromatic nitrogens is 6. The Morgan fingerprint density at radius 2 is 1.86 bits per heavy atom. The molecule has 1 amide bonds. The monoisotopic (exact) mass is 407 g/mol. The van der Waals surface area contributed by atoms with Crippen LogP contribution in [0.15, 0.2) is 48.9 Å². The van der Waals surface area contributed by atoms with E-state index in [9.17, 15) is 4.79 Å². The summed E-state index contributed by atoms with van der Waals surface area (Å²) in [5, 5.41) is 7.44. The number of hydrogen-bond acceptors (Lipinski definition) is 5. The van der Waals surface area contributed by atoms with Crippen molar-refractivity contribution in [3.05, 3.63) is 76.9 Å². The van der Waals surface area contributed by atoms with Crippen LogP contribution in [-0.4, -0.2) is 35.2 Å². The van der Waals surface area contributed by atoms with Crippen molar-refractivity contribution in [2.45, 2.75) is 20.8 Å². The lowest BCUT2D eigenvalue weighted by atomic mass is 10.3. The minimum atomic E-state index is -0.424. The van der Waals surface area contributed by atoms with Crippen molar-refractivity contribution in [3.63, 3.8) is 0 Å². The molecule has 0 aliphatic heterocycles. The molecule has 0 aromatic carbocycles. The predicted octanol–water partition coefficient (Wildman–Crippen LogP) is 3.68. The van der Waals surface area contributed by atoms with Crippen LogP contribution in [0.2, 0.25) is 5.02 Å². The van der Waals surface area contributed by atoms with Gasteiger partial charge in [-0.2, -0.15) is 5.10 Å². The first-order valence-corrected chi connectivity index (χ1v) is 9.28. The number of aryl methyl sites for hydroxylation is 3. The van der Waals surface area contributed by atoms with Crippen LogP contribution in [0.25, 0.3) is 11.6 Å². The Morgan fingerprint density at radius 1 is 1.07 bits per heavy atom. The summed E-state index contributed by atoms with van der Waals surface area (Å²) < 4.78 is 3.52. The van der Waals surface area contributed by atoms with Crippen molar-refractivity contribution >= 4 is 23.2 Å². The van der Waals surface area contributed by atoms with E-state index in [1.807, 2.05) is 37.6 Å². The lowest BCUT2D eigenvalue weighted by Gasteiger charge is -2.10. The summed E-state index contributed by atoms with van der Waals surface area (Å²) >= 11 is 6.22. The lowest BCUT2D eigenvalue weighted by molar-refractivity contribution is 0.102. The first-order chi connectivity index (χ1) is 13.9. The average molecular weight is 408 g/mol. The van der Waals surface area contributed by atoms with Crippen molar-refractivity contribution < 1.29 is 4.79 Å². The van der Waals surface area contributed by atoms with E-state index in [4.69, 9.17) is 11.6 Å². The van der Waals surface area contributed by atoms with Gasteiger partial charge in [-0.3, -0.25) is 9.36 Å². The van der Waals surface area contributed by atoms with Gasteiger partial charge in [0.05, 0.1) is 22.6 Å². The van der Waals surface area contributed by atoms with E-state index in [0.717, 1.165) is 17.2 Å². The molecule has 0 aliphatic carbocycles. The SMILES string of the molecule is Cc1cc(C)n(-c2ccc(Cl)c(C(=O)Nc3ccc(-n4ccnc4C)nc3)n2)n1. The number of anilines is 1. The zero-order valence-electron chi connectivity index (χ0n) is 16.1. The standard InChI is InChI=1S/C20H18ClN7O/c1-12-10-13(2)28(26-12)18-7-5-16(21)19(25-18)20(29)24-15-4-6-17(23-11-15)27-9-8-22-14(27)3/h4-11H,1-3H3,(H,24,29). The zero-order chi connectivity index (χ0) is 20.5. The van der Waals surface area contributed by atoms with Gasteiger partial charge in [-0.15, -0.1) is 0 Å². The van der Waals surface area contributed by atoms with Crippen molar-refractivity contribution in [1.82, 2.24) is 29.3 Å². The largest absolute Gasteiger partial charge is 0.319 e. The molecule has 0 saturated carbocycles. The summed E-state index contributed by atoms with van der Waals surface area (Å²) in [6, 6.07) is 8.86. The minimum absolute atomic E-state index is 0.117. The Morgan fingerprint density at radius 3 is 2.48 bits per heavy atom. The van der Waals surface area contributed by atoms with E-state index < -0.39 is 5.91 Å². The van der Waals surface area contributed by atoms with Gasteiger partial charge in [0.1, 0.15) is 17.3 Å². The highest BCUT2D eigenvalue weighted by atomic mass is 35.5. The van der Waals surface area contributed by atoms with Crippen LogP contribution >= 0.6 is 11.6 Å². The number of imidazole rings is 1. The number of carbonyl (C=O) groups is 1. The molecule has 9 heteroatoms. The summed E-state index contributed by atoms with van der Waals surface area (Å²) in [6.07, 6.45) is 5.10. The molecule has 0 aliphatic rings. The first kappa shape index (κ1) is 18.8. The normalized spacial score (nSPS) is 10.9. The number of rotatable bonds is 4.